The number of nitrogens with one attached hydrogen (secondary N) is 1. The standard InChI is InChI=1S/C15H18N4O2S/c1-4-21-15-18-12(8-13(20)22)17-14(19-15)16-11-7-5-6-9(2)10(11)3/h5-7H,4,8H2,1-3H3,(H,20,22)(H,16,17,18,19). The third-order valence-corrected chi connectivity index (χ3v) is 3.24. The molecule has 0 saturated carbocycles. The second-order valence-corrected chi connectivity index (χ2v) is 5.21. The molecule has 7 heteroatoms. The van der Waals surface area contributed by atoms with E-state index >= 15 is 0 Å². The fraction of sp³-hybridized carbons (Fsp3) is 0.333. The van der Waals surface area contributed by atoms with Gasteiger partial charge in [-0.3, -0.25) is 0 Å². The van der Waals surface area contributed by atoms with Crippen molar-refractivity contribution < 1.29 is 9.84 Å². The van der Waals surface area contributed by atoms with Crippen LogP contribution >= 0.6 is 12.2 Å². The fourth-order valence-corrected chi connectivity index (χ4v) is 2.00. The molecule has 1 aromatic carbocycles. The fourth-order valence-electron chi connectivity index (χ4n) is 1.87. The number of hydrogen-bond acceptors (Lipinski definition) is 6. The van der Waals surface area contributed by atoms with Gasteiger partial charge in [-0.15, -0.1) is 0 Å². The smallest absolute Gasteiger partial charge is 0.321 e. The second kappa shape index (κ2) is 7.13. The summed E-state index contributed by atoms with van der Waals surface area (Å²) in [5.74, 6) is 0.720. The molecule has 0 aliphatic rings. The van der Waals surface area contributed by atoms with Gasteiger partial charge < -0.3 is 15.2 Å². The molecule has 1 heterocycles. The molecular formula is C15H18N4O2S. The van der Waals surface area contributed by atoms with E-state index in [1.807, 2.05) is 39.0 Å². The summed E-state index contributed by atoms with van der Waals surface area (Å²) >= 11 is 4.69. The first kappa shape index (κ1) is 16.1. The van der Waals surface area contributed by atoms with Gasteiger partial charge in [0.25, 0.3) is 0 Å². The Kier molecular flexibility index (Phi) is 5.21. The van der Waals surface area contributed by atoms with E-state index in [1.54, 1.807) is 0 Å². The third-order valence-electron chi connectivity index (χ3n) is 3.10. The van der Waals surface area contributed by atoms with E-state index in [0.29, 0.717) is 18.4 Å². The molecule has 0 spiro atoms. The maximum Gasteiger partial charge on any atom is 0.321 e. The van der Waals surface area contributed by atoms with Crippen LogP contribution in [-0.2, 0) is 6.42 Å². The SMILES string of the molecule is CCOc1nc(CC(O)=S)nc(Nc2cccc(C)c2C)n1. The Morgan fingerprint density at radius 3 is 2.73 bits per heavy atom. The van der Waals surface area contributed by atoms with Crippen molar-refractivity contribution in [3.05, 3.63) is 35.2 Å². The zero-order chi connectivity index (χ0) is 16.1. The van der Waals surface area contributed by atoms with Gasteiger partial charge in [-0.1, -0.05) is 12.1 Å². The van der Waals surface area contributed by atoms with E-state index in [-0.39, 0.29) is 17.5 Å². The van der Waals surface area contributed by atoms with Crippen molar-refractivity contribution in [2.24, 2.45) is 0 Å². The summed E-state index contributed by atoms with van der Waals surface area (Å²) in [6.07, 6.45) is 0.0827. The molecule has 0 unspecified atom stereocenters. The van der Waals surface area contributed by atoms with Gasteiger partial charge in [0.15, 0.2) is 5.05 Å². The van der Waals surface area contributed by atoms with Gasteiger partial charge in [0.2, 0.25) is 5.95 Å². The van der Waals surface area contributed by atoms with Crippen LogP contribution in [-0.4, -0.2) is 31.7 Å². The minimum atomic E-state index is -0.175. The van der Waals surface area contributed by atoms with Crippen molar-refractivity contribution in [2.45, 2.75) is 27.2 Å². The summed E-state index contributed by atoms with van der Waals surface area (Å²) < 4.78 is 5.33. The summed E-state index contributed by atoms with van der Waals surface area (Å²) in [4.78, 5) is 12.6. The van der Waals surface area contributed by atoms with E-state index in [1.165, 1.54) is 5.56 Å². The maximum atomic E-state index is 9.26. The molecule has 0 atom stereocenters. The molecule has 0 bridgehead atoms. The van der Waals surface area contributed by atoms with Crippen molar-refractivity contribution in [2.75, 3.05) is 11.9 Å². The highest BCUT2D eigenvalue weighted by Gasteiger charge is 2.10. The lowest BCUT2D eigenvalue weighted by Crippen LogP contribution is -2.10. The number of aromatic nitrogens is 3. The summed E-state index contributed by atoms with van der Waals surface area (Å²) in [6, 6.07) is 6.15. The molecule has 1 aromatic heterocycles. The van der Waals surface area contributed by atoms with E-state index in [9.17, 15) is 5.11 Å². The molecule has 6 nitrogen and oxygen atoms in total. The molecule has 0 aliphatic carbocycles. The van der Waals surface area contributed by atoms with Crippen LogP contribution in [0.5, 0.6) is 6.01 Å². The van der Waals surface area contributed by atoms with Gasteiger partial charge in [0.05, 0.1) is 13.0 Å². The first-order valence-corrected chi connectivity index (χ1v) is 7.33. The van der Waals surface area contributed by atoms with Crippen molar-refractivity contribution >= 4 is 28.9 Å². The van der Waals surface area contributed by atoms with Gasteiger partial charge in [-0.05, 0) is 50.2 Å². The van der Waals surface area contributed by atoms with Crippen LogP contribution in [0.25, 0.3) is 0 Å². The topological polar surface area (TPSA) is 80.2 Å². The van der Waals surface area contributed by atoms with Gasteiger partial charge in [0.1, 0.15) is 5.82 Å². The summed E-state index contributed by atoms with van der Waals surface area (Å²) in [7, 11) is 0. The zero-order valence-electron chi connectivity index (χ0n) is 12.8. The zero-order valence-corrected chi connectivity index (χ0v) is 13.6. The summed E-state index contributed by atoms with van der Waals surface area (Å²) in [6.45, 7) is 6.34. The van der Waals surface area contributed by atoms with Crippen LogP contribution in [0.15, 0.2) is 18.2 Å². The molecule has 0 radical (unpaired) electrons. The number of ether oxygens (including phenoxy) is 1. The number of hydrogen-bond donors (Lipinski definition) is 2. The Morgan fingerprint density at radius 1 is 1.27 bits per heavy atom. The number of aryl methyl sites for hydroxylation is 1. The molecular weight excluding hydrogens is 300 g/mol. The molecule has 0 aliphatic heterocycles. The minimum absolute atomic E-state index is 0.0827. The van der Waals surface area contributed by atoms with E-state index in [0.717, 1.165) is 11.3 Å². The van der Waals surface area contributed by atoms with Crippen molar-refractivity contribution in [3.63, 3.8) is 0 Å². The van der Waals surface area contributed by atoms with Crippen LogP contribution in [0.3, 0.4) is 0 Å². The lowest BCUT2D eigenvalue weighted by Gasteiger charge is -2.11. The summed E-state index contributed by atoms with van der Waals surface area (Å²) in [5.41, 5.74) is 3.19. The van der Waals surface area contributed by atoms with Gasteiger partial charge in [0, 0.05) is 5.69 Å². The average molecular weight is 318 g/mol. The summed E-state index contributed by atoms with van der Waals surface area (Å²) in [5, 5.41) is 12.2. The second-order valence-electron chi connectivity index (χ2n) is 4.73. The molecule has 116 valence electrons. The van der Waals surface area contributed by atoms with Gasteiger partial charge in [-0.25, -0.2) is 0 Å². The van der Waals surface area contributed by atoms with Crippen LogP contribution in [0.2, 0.25) is 0 Å². The molecule has 2 rings (SSSR count). The number of rotatable bonds is 6. The Hall–Kier alpha value is -2.28. The monoisotopic (exact) mass is 318 g/mol. The molecule has 2 N–H and O–H groups in total. The van der Waals surface area contributed by atoms with E-state index < -0.39 is 0 Å². The Bertz CT molecular complexity index is 691. The van der Waals surface area contributed by atoms with E-state index in [2.05, 4.69) is 20.3 Å². The molecule has 2 aromatic rings. The lowest BCUT2D eigenvalue weighted by atomic mass is 10.1. The molecule has 0 fully saturated rings. The van der Waals surface area contributed by atoms with Crippen molar-refractivity contribution in [1.29, 1.82) is 0 Å². The Balaban J connectivity index is 2.34. The number of thiocarbonyl (C=S) groups is 1. The predicted octanol–water partition coefficient (Wildman–Crippen LogP) is 3.06. The number of aliphatic hydroxyl groups excluding tert-OH is 1. The van der Waals surface area contributed by atoms with Crippen LogP contribution in [0.1, 0.15) is 23.9 Å². The average Bonchev–Trinajstić information content (AvgIpc) is 2.43. The molecule has 0 amide bonds. The quantitative estimate of drug-likeness (QED) is 0.792. The van der Waals surface area contributed by atoms with Crippen molar-refractivity contribution in [3.8, 4) is 6.01 Å². The van der Waals surface area contributed by atoms with Gasteiger partial charge in [-0.2, -0.15) is 15.0 Å². The molecule has 22 heavy (non-hydrogen) atoms. The van der Waals surface area contributed by atoms with Crippen LogP contribution in [0.4, 0.5) is 11.6 Å². The molecule has 0 saturated heterocycles. The Labute approximate surface area is 134 Å². The Morgan fingerprint density at radius 2 is 2.05 bits per heavy atom. The van der Waals surface area contributed by atoms with E-state index in [4.69, 9.17) is 17.0 Å². The van der Waals surface area contributed by atoms with Crippen LogP contribution < -0.4 is 10.1 Å². The first-order valence-electron chi connectivity index (χ1n) is 6.92. The number of nitrogens with zero attached hydrogens (tertiary/aromatic N) is 3. The third kappa shape index (κ3) is 4.11. The normalized spacial score (nSPS) is 10.3. The minimum Gasteiger partial charge on any atom is -0.502 e. The van der Waals surface area contributed by atoms with Crippen molar-refractivity contribution in [1.82, 2.24) is 15.0 Å². The maximum absolute atomic E-state index is 9.26. The number of anilines is 2. The highest BCUT2D eigenvalue weighted by atomic mass is 32.1. The lowest BCUT2D eigenvalue weighted by molar-refractivity contribution is 0.310. The van der Waals surface area contributed by atoms with Gasteiger partial charge >= 0.3 is 6.01 Å². The number of benzene rings is 1. The predicted molar refractivity (Wildman–Crippen MR) is 89.1 cm³/mol. The largest absolute Gasteiger partial charge is 0.502 e. The first-order chi connectivity index (χ1) is 10.5. The highest BCUT2D eigenvalue weighted by molar-refractivity contribution is 7.80. The number of aliphatic hydroxyl groups is 1. The van der Waals surface area contributed by atoms with Crippen LogP contribution in [0, 0.1) is 13.8 Å². The highest BCUT2D eigenvalue weighted by Crippen LogP contribution is 2.21.